The van der Waals surface area contributed by atoms with E-state index in [-0.39, 0.29) is 21.1 Å². The molecule has 4 aromatic carbocycles. The molecule has 0 N–H and O–H groups in total. The Morgan fingerprint density at radius 2 is 1.25 bits per heavy atom. The Labute approximate surface area is 269 Å². The van der Waals surface area contributed by atoms with Gasteiger partial charge in [0.15, 0.2) is 0 Å². The van der Waals surface area contributed by atoms with E-state index in [1.54, 1.807) is 0 Å². The van der Waals surface area contributed by atoms with Gasteiger partial charge in [0, 0.05) is 48.0 Å². The first-order valence-corrected chi connectivity index (χ1v) is 14.3. The van der Waals surface area contributed by atoms with Crippen LogP contribution in [0, 0.1) is 44.2 Å². The standard InChI is InChI=1S/C37H27N6.Pt/c1-23-24(2)41(25(3)40(23)4)27-15-12-16-28(21-27)43-33-20-11-9-18-30(33)35-31(22-38)34-29-17-8-10-19-32(29)42(36(34)39-37(35)43)26-13-6-5-7-14-26;/h5-13,15-20H,1-4H3;/q-1;+2. The van der Waals surface area contributed by atoms with Crippen LogP contribution in [0.5, 0.6) is 0 Å². The second-order valence-electron chi connectivity index (χ2n) is 11.0. The van der Waals surface area contributed by atoms with Crippen LogP contribution >= 0.6 is 0 Å². The van der Waals surface area contributed by atoms with Crippen molar-refractivity contribution in [2.24, 2.45) is 7.05 Å². The van der Waals surface area contributed by atoms with E-state index in [1.807, 2.05) is 48.5 Å². The van der Waals surface area contributed by atoms with Crippen LogP contribution in [0.2, 0.25) is 0 Å². The van der Waals surface area contributed by atoms with E-state index in [9.17, 15) is 5.26 Å². The van der Waals surface area contributed by atoms with Gasteiger partial charge in [0.05, 0.1) is 23.6 Å². The van der Waals surface area contributed by atoms with Crippen molar-refractivity contribution in [2.45, 2.75) is 20.8 Å². The smallest absolute Gasteiger partial charge is 0.318 e. The molecule has 214 valence electrons. The first-order valence-electron chi connectivity index (χ1n) is 14.3. The number of fused-ring (bicyclic) bond motifs is 6. The largest absolute Gasteiger partial charge is 2.00 e. The number of pyridine rings is 1. The molecule has 0 bridgehead atoms. The summed E-state index contributed by atoms with van der Waals surface area (Å²) in [4.78, 5) is 5.39. The molecule has 0 aliphatic heterocycles. The topological polar surface area (TPSA) is 55.4 Å². The summed E-state index contributed by atoms with van der Waals surface area (Å²) in [5.74, 6) is 1.13. The van der Waals surface area contributed by atoms with E-state index in [0.29, 0.717) is 5.56 Å². The predicted molar refractivity (Wildman–Crippen MR) is 170 cm³/mol. The monoisotopic (exact) mass is 750 g/mol. The molecule has 4 heterocycles. The fraction of sp³-hybridized carbons (Fsp3) is 0.108. The molecule has 0 aliphatic rings. The van der Waals surface area contributed by atoms with Crippen molar-refractivity contribution < 1.29 is 25.6 Å². The van der Waals surface area contributed by atoms with Gasteiger partial charge in [-0.3, -0.25) is 0 Å². The molecule has 6 nitrogen and oxygen atoms in total. The minimum atomic E-state index is 0. The first kappa shape index (κ1) is 27.8. The van der Waals surface area contributed by atoms with Crippen LogP contribution in [-0.4, -0.2) is 18.7 Å². The summed E-state index contributed by atoms with van der Waals surface area (Å²) in [5, 5.41) is 14.5. The molecule has 0 radical (unpaired) electrons. The maximum atomic E-state index is 10.8. The Balaban J connectivity index is 0.00000312. The molecule has 0 atom stereocenters. The van der Waals surface area contributed by atoms with Crippen LogP contribution in [-0.2, 0) is 28.1 Å². The second kappa shape index (κ2) is 10.3. The zero-order chi connectivity index (χ0) is 29.4. The Hall–Kier alpha value is -4.98. The van der Waals surface area contributed by atoms with E-state index in [0.717, 1.165) is 66.8 Å². The van der Waals surface area contributed by atoms with Gasteiger partial charge >= 0.3 is 21.1 Å². The SMILES string of the molecule is Cc1c(C)[n+](C)c(C)n1-c1[c-]c(-n2c3ccccc3c3c(C#N)c4c5ccccc5n(-c5[c-]cccc5)c4nc32)ccc1.[Pt+2]. The summed E-state index contributed by atoms with van der Waals surface area (Å²) in [5.41, 5.74) is 9.12. The van der Waals surface area contributed by atoms with Crippen LogP contribution in [0.3, 0.4) is 0 Å². The summed E-state index contributed by atoms with van der Waals surface area (Å²) in [6.45, 7) is 6.40. The molecule has 0 fully saturated rings. The van der Waals surface area contributed by atoms with Crippen molar-refractivity contribution in [3.8, 4) is 23.1 Å². The van der Waals surface area contributed by atoms with Crippen LogP contribution < -0.4 is 4.57 Å². The normalized spacial score (nSPS) is 11.4. The molecule has 7 heteroatoms. The molecular weight excluding hydrogens is 724 g/mol. The summed E-state index contributed by atoms with van der Waals surface area (Å²) in [6.07, 6.45) is 0. The third kappa shape index (κ3) is 3.76. The number of hydrogen-bond donors (Lipinski definition) is 0. The zero-order valence-electron chi connectivity index (χ0n) is 24.7. The molecule has 8 rings (SSSR count). The molecule has 0 spiro atoms. The minimum Gasteiger partial charge on any atom is -0.318 e. The maximum Gasteiger partial charge on any atom is 2.00 e. The van der Waals surface area contributed by atoms with Crippen molar-refractivity contribution in [3.05, 3.63) is 126 Å². The number of para-hydroxylation sites is 3. The number of aromatic nitrogens is 5. The molecule has 8 aromatic rings. The molecule has 0 unspecified atom stereocenters. The van der Waals surface area contributed by atoms with Gasteiger partial charge in [-0.25, -0.2) is 14.1 Å². The van der Waals surface area contributed by atoms with Crippen molar-refractivity contribution in [2.75, 3.05) is 0 Å². The summed E-state index contributed by atoms with van der Waals surface area (Å²) in [7, 11) is 2.09. The Kier molecular flexibility index (Phi) is 6.53. The number of benzene rings is 4. The Morgan fingerprint density at radius 3 is 1.80 bits per heavy atom. The van der Waals surface area contributed by atoms with Crippen LogP contribution in [0.1, 0.15) is 22.8 Å². The van der Waals surface area contributed by atoms with Gasteiger partial charge in [-0.05, 0) is 12.1 Å². The van der Waals surface area contributed by atoms with E-state index in [1.165, 1.54) is 11.4 Å². The van der Waals surface area contributed by atoms with E-state index in [4.69, 9.17) is 4.98 Å². The molecule has 0 aliphatic carbocycles. The maximum absolute atomic E-state index is 10.8. The molecular formula is C37H27N6Pt+. The third-order valence-corrected chi connectivity index (χ3v) is 8.87. The number of hydrogen-bond acceptors (Lipinski definition) is 2. The molecule has 44 heavy (non-hydrogen) atoms. The second-order valence-corrected chi connectivity index (χ2v) is 11.0. The van der Waals surface area contributed by atoms with Crippen molar-refractivity contribution >= 4 is 43.9 Å². The minimum absolute atomic E-state index is 0. The van der Waals surface area contributed by atoms with Gasteiger partial charge in [-0.15, -0.1) is 24.3 Å². The van der Waals surface area contributed by atoms with Crippen molar-refractivity contribution in [3.63, 3.8) is 0 Å². The van der Waals surface area contributed by atoms with Gasteiger partial charge in [0.1, 0.15) is 28.8 Å². The van der Waals surface area contributed by atoms with Gasteiger partial charge in [0.2, 0.25) is 0 Å². The fourth-order valence-corrected chi connectivity index (χ4v) is 6.61. The van der Waals surface area contributed by atoms with Crippen LogP contribution in [0.25, 0.3) is 60.9 Å². The third-order valence-electron chi connectivity index (χ3n) is 8.87. The summed E-state index contributed by atoms with van der Waals surface area (Å²) in [6, 6.07) is 40.2. The van der Waals surface area contributed by atoms with Crippen LogP contribution in [0.15, 0.2) is 91.0 Å². The molecule has 0 saturated heterocycles. The van der Waals surface area contributed by atoms with Gasteiger partial charge in [0.25, 0.3) is 5.82 Å². The molecule has 4 aromatic heterocycles. The van der Waals surface area contributed by atoms with Crippen LogP contribution in [0.4, 0.5) is 0 Å². The predicted octanol–water partition coefficient (Wildman–Crippen LogP) is 7.29. The average Bonchev–Trinajstić information content (AvgIpc) is 3.62. The zero-order valence-corrected chi connectivity index (χ0v) is 26.9. The number of nitriles is 1. The Bertz CT molecular complexity index is 2430. The average molecular weight is 751 g/mol. The van der Waals surface area contributed by atoms with E-state index < -0.39 is 0 Å². The van der Waals surface area contributed by atoms with Crippen molar-refractivity contribution in [1.82, 2.24) is 18.7 Å². The first-order chi connectivity index (χ1) is 21.0. The fourth-order valence-electron chi connectivity index (χ4n) is 6.61. The quantitative estimate of drug-likeness (QED) is 0.141. The Morgan fingerprint density at radius 1 is 0.705 bits per heavy atom. The molecule has 0 saturated carbocycles. The van der Waals surface area contributed by atoms with E-state index in [2.05, 4.69) is 107 Å². The number of nitrogens with zero attached hydrogens (tertiary/aromatic N) is 6. The van der Waals surface area contributed by atoms with E-state index >= 15 is 0 Å². The number of imidazole rings is 1. The summed E-state index contributed by atoms with van der Waals surface area (Å²) < 4.78 is 8.70. The van der Waals surface area contributed by atoms with Gasteiger partial charge in [-0.2, -0.15) is 35.6 Å². The summed E-state index contributed by atoms with van der Waals surface area (Å²) >= 11 is 0. The van der Waals surface area contributed by atoms with Gasteiger partial charge in [-0.1, -0.05) is 47.8 Å². The molecule has 0 amide bonds. The van der Waals surface area contributed by atoms with Crippen molar-refractivity contribution in [1.29, 1.82) is 5.26 Å². The van der Waals surface area contributed by atoms with Gasteiger partial charge < -0.3 is 9.13 Å². The number of rotatable bonds is 3.